The number of carboxylic acids is 1. The van der Waals surface area contributed by atoms with Gasteiger partial charge in [0.15, 0.2) is 0 Å². The zero-order valence-electron chi connectivity index (χ0n) is 12.0. The van der Waals surface area contributed by atoms with Crippen molar-refractivity contribution in [2.45, 2.75) is 38.8 Å². The topological polar surface area (TPSA) is 87.1 Å². The maximum Gasteiger partial charge on any atom is 0.313 e. The van der Waals surface area contributed by atoms with Crippen LogP contribution in [0, 0.1) is 5.41 Å². The highest BCUT2D eigenvalue weighted by Crippen LogP contribution is 2.39. The van der Waals surface area contributed by atoms with Crippen LogP contribution in [0.2, 0.25) is 0 Å². The summed E-state index contributed by atoms with van der Waals surface area (Å²) in [6.07, 6.45) is 0.120. The number of rotatable bonds is 5. The maximum absolute atomic E-state index is 11.7. The number of nitrogens with zero attached hydrogens (tertiary/aromatic N) is 1. The molecule has 1 heterocycles. The molecule has 0 radical (unpaired) electrons. The summed E-state index contributed by atoms with van der Waals surface area (Å²) in [5.41, 5.74) is -0.370. The zero-order valence-corrected chi connectivity index (χ0v) is 12.0. The zero-order chi connectivity index (χ0) is 15.6. The summed E-state index contributed by atoms with van der Waals surface area (Å²) in [5.74, 6) is -0.419. The van der Waals surface area contributed by atoms with E-state index >= 15 is 0 Å². The normalized spacial score (nSPS) is 23.4. The molecule has 0 saturated heterocycles. The van der Waals surface area contributed by atoms with Crippen molar-refractivity contribution >= 4 is 12.4 Å². The predicted molar refractivity (Wildman–Crippen MR) is 74.1 cm³/mol. The van der Waals surface area contributed by atoms with Gasteiger partial charge in [-0.25, -0.2) is 5.06 Å². The van der Waals surface area contributed by atoms with Gasteiger partial charge < -0.3 is 9.84 Å². The Morgan fingerprint density at radius 2 is 2.19 bits per heavy atom. The highest BCUT2D eigenvalue weighted by Gasteiger charge is 2.49. The average Bonchev–Trinajstić information content (AvgIpc) is 2.51. The molecule has 0 bridgehead atoms. The number of hydrogen-bond acceptors (Lipinski definition) is 4. The molecule has 1 aliphatic heterocycles. The van der Waals surface area contributed by atoms with Crippen LogP contribution < -0.4 is 4.74 Å². The average molecular weight is 293 g/mol. The van der Waals surface area contributed by atoms with Crippen molar-refractivity contribution in [1.82, 2.24) is 5.06 Å². The smallest absolute Gasteiger partial charge is 0.313 e. The Hall–Kier alpha value is -2.08. The number of carbonyl (C=O) groups is 2. The SMILES string of the molecule is CCC(C)(C(=O)O)[C@H]1Oc2ccccc2C[C@@H]1N(O)C=O. The van der Waals surface area contributed by atoms with Crippen LogP contribution in [-0.2, 0) is 16.0 Å². The van der Waals surface area contributed by atoms with Crippen molar-refractivity contribution in [3.8, 4) is 5.75 Å². The summed E-state index contributed by atoms with van der Waals surface area (Å²) in [4.78, 5) is 22.6. The molecule has 0 spiro atoms. The molecule has 0 aliphatic carbocycles. The summed E-state index contributed by atoms with van der Waals surface area (Å²) in [7, 11) is 0. The Morgan fingerprint density at radius 3 is 2.76 bits per heavy atom. The summed E-state index contributed by atoms with van der Waals surface area (Å²) in [6.45, 7) is 3.32. The Bertz CT molecular complexity index is 547. The quantitative estimate of drug-likeness (QED) is 0.490. The number of ether oxygens (including phenoxy) is 1. The van der Waals surface area contributed by atoms with Crippen LogP contribution in [-0.4, -0.2) is 39.9 Å². The molecule has 1 amide bonds. The number of para-hydroxylation sites is 1. The van der Waals surface area contributed by atoms with E-state index in [0.29, 0.717) is 23.7 Å². The van der Waals surface area contributed by atoms with Gasteiger partial charge in [-0.2, -0.15) is 0 Å². The molecular formula is C15H19NO5. The first kappa shape index (κ1) is 15.3. The lowest BCUT2D eigenvalue weighted by atomic mass is 9.75. The van der Waals surface area contributed by atoms with Gasteiger partial charge in [-0.05, 0) is 25.0 Å². The van der Waals surface area contributed by atoms with E-state index in [1.54, 1.807) is 26.0 Å². The van der Waals surface area contributed by atoms with Crippen molar-refractivity contribution in [3.05, 3.63) is 29.8 Å². The molecule has 0 fully saturated rings. The Labute approximate surface area is 122 Å². The van der Waals surface area contributed by atoms with Crippen LogP contribution >= 0.6 is 0 Å². The van der Waals surface area contributed by atoms with Crippen molar-refractivity contribution in [2.75, 3.05) is 0 Å². The number of hydrogen-bond donors (Lipinski definition) is 2. The molecule has 0 aromatic heterocycles. The summed E-state index contributed by atoms with van der Waals surface area (Å²) < 4.78 is 5.84. The molecule has 1 aromatic carbocycles. The van der Waals surface area contributed by atoms with Crippen LogP contribution in [0.15, 0.2) is 24.3 Å². The molecule has 6 nitrogen and oxygen atoms in total. The van der Waals surface area contributed by atoms with Crippen molar-refractivity contribution in [3.63, 3.8) is 0 Å². The molecular weight excluding hydrogens is 274 g/mol. The minimum Gasteiger partial charge on any atom is -0.487 e. The summed E-state index contributed by atoms with van der Waals surface area (Å²) >= 11 is 0. The third-order valence-electron chi connectivity index (χ3n) is 4.30. The molecule has 1 aromatic rings. The van der Waals surface area contributed by atoms with E-state index in [4.69, 9.17) is 4.74 Å². The van der Waals surface area contributed by atoms with Gasteiger partial charge in [0.1, 0.15) is 23.3 Å². The maximum atomic E-state index is 11.7. The van der Waals surface area contributed by atoms with Crippen molar-refractivity contribution < 1.29 is 24.6 Å². The lowest BCUT2D eigenvalue weighted by molar-refractivity contribution is -0.186. The first-order chi connectivity index (χ1) is 9.93. The second-order valence-corrected chi connectivity index (χ2v) is 5.48. The number of carbonyl (C=O) groups excluding carboxylic acids is 1. The predicted octanol–water partition coefficient (Wildman–Crippen LogP) is 1.71. The summed E-state index contributed by atoms with van der Waals surface area (Å²) in [6, 6.07) is 6.49. The summed E-state index contributed by atoms with van der Waals surface area (Å²) in [5, 5.41) is 19.9. The highest BCUT2D eigenvalue weighted by molar-refractivity contribution is 5.75. The Kier molecular flexibility index (Phi) is 4.18. The van der Waals surface area contributed by atoms with Gasteiger partial charge in [-0.3, -0.25) is 14.8 Å². The molecule has 2 N–H and O–H groups in total. The van der Waals surface area contributed by atoms with E-state index in [1.807, 2.05) is 12.1 Å². The fourth-order valence-corrected chi connectivity index (χ4v) is 2.67. The van der Waals surface area contributed by atoms with E-state index in [1.165, 1.54) is 0 Å². The van der Waals surface area contributed by atoms with Gasteiger partial charge >= 0.3 is 5.97 Å². The van der Waals surface area contributed by atoms with E-state index in [-0.39, 0.29) is 6.41 Å². The van der Waals surface area contributed by atoms with Crippen LogP contribution in [0.3, 0.4) is 0 Å². The van der Waals surface area contributed by atoms with Crippen LogP contribution in [0.25, 0.3) is 0 Å². The third kappa shape index (κ3) is 2.58. The number of amides is 1. The molecule has 21 heavy (non-hydrogen) atoms. The second-order valence-electron chi connectivity index (χ2n) is 5.48. The molecule has 6 heteroatoms. The van der Waals surface area contributed by atoms with Crippen LogP contribution in [0.5, 0.6) is 5.75 Å². The molecule has 2 rings (SSSR count). The fraction of sp³-hybridized carbons (Fsp3) is 0.467. The third-order valence-corrected chi connectivity index (χ3v) is 4.30. The first-order valence-corrected chi connectivity index (χ1v) is 6.84. The number of benzene rings is 1. The largest absolute Gasteiger partial charge is 0.487 e. The van der Waals surface area contributed by atoms with Gasteiger partial charge in [0.05, 0.1) is 0 Å². The Balaban J connectivity index is 2.46. The van der Waals surface area contributed by atoms with Crippen LogP contribution in [0.4, 0.5) is 0 Å². The number of hydroxylamine groups is 2. The molecule has 1 unspecified atom stereocenters. The second kappa shape index (κ2) is 5.73. The monoisotopic (exact) mass is 293 g/mol. The van der Waals surface area contributed by atoms with Crippen LogP contribution in [0.1, 0.15) is 25.8 Å². The van der Waals surface area contributed by atoms with Crippen molar-refractivity contribution in [1.29, 1.82) is 0 Å². The molecule has 0 saturated carbocycles. The van der Waals surface area contributed by atoms with E-state index in [2.05, 4.69) is 0 Å². The highest BCUT2D eigenvalue weighted by atomic mass is 16.5. The first-order valence-electron chi connectivity index (χ1n) is 6.84. The van der Waals surface area contributed by atoms with Gasteiger partial charge in [0.2, 0.25) is 6.41 Å². The number of aliphatic carboxylic acids is 1. The minimum absolute atomic E-state index is 0.285. The lowest BCUT2D eigenvalue weighted by Crippen LogP contribution is -2.57. The van der Waals surface area contributed by atoms with Gasteiger partial charge in [0, 0.05) is 6.42 Å². The van der Waals surface area contributed by atoms with E-state index in [9.17, 15) is 19.9 Å². The standard InChI is InChI=1S/C15H19NO5/c1-3-15(2,14(18)19)13-11(16(20)9-17)8-10-6-4-5-7-12(10)21-13/h4-7,9,11,13,20H,3,8H2,1-2H3,(H,18,19)/t11-,13-,15?/m0/s1. The lowest BCUT2D eigenvalue weighted by Gasteiger charge is -2.43. The van der Waals surface area contributed by atoms with E-state index < -0.39 is 23.5 Å². The van der Waals surface area contributed by atoms with Gasteiger partial charge in [0.25, 0.3) is 0 Å². The fourth-order valence-electron chi connectivity index (χ4n) is 2.67. The van der Waals surface area contributed by atoms with Gasteiger partial charge in [-0.15, -0.1) is 0 Å². The molecule has 114 valence electrons. The number of carboxylic acid groups (broad SMARTS) is 1. The number of fused-ring (bicyclic) bond motifs is 1. The molecule has 3 atom stereocenters. The van der Waals surface area contributed by atoms with E-state index in [0.717, 1.165) is 5.56 Å². The Morgan fingerprint density at radius 1 is 1.52 bits per heavy atom. The molecule has 1 aliphatic rings. The van der Waals surface area contributed by atoms with Gasteiger partial charge in [-0.1, -0.05) is 25.1 Å². The van der Waals surface area contributed by atoms with Crippen molar-refractivity contribution in [2.24, 2.45) is 5.41 Å². The minimum atomic E-state index is -1.21.